The molecule has 154 valence electrons. The molecule has 0 aliphatic carbocycles. The maximum absolute atomic E-state index is 13.1. The van der Waals surface area contributed by atoms with Gasteiger partial charge in [0.2, 0.25) is 9.84 Å². The summed E-state index contributed by atoms with van der Waals surface area (Å²) in [4.78, 5) is 0.431. The number of sulfone groups is 1. The van der Waals surface area contributed by atoms with Gasteiger partial charge in [-0.05, 0) is 55.7 Å². The molecule has 0 aliphatic heterocycles. The molecule has 0 saturated carbocycles. The van der Waals surface area contributed by atoms with Crippen LogP contribution in [0, 0.1) is 13.8 Å². The van der Waals surface area contributed by atoms with Crippen molar-refractivity contribution in [3.8, 4) is 11.5 Å². The van der Waals surface area contributed by atoms with Crippen LogP contribution in [0.1, 0.15) is 16.8 Å². The van der Waals surface area contributed by atoms with Gasteiger partial charge in [-0.15, -0.1) is 0 Å². The summed E-state index contributed by atoms with van der Waals surface area (Å²) in [5, 5.41) is 0. The lowest BCUT2D eigenvalue weighted by Gasteiger charge is -2.12. The minimum absolute atomic E-state index is 0.188. The Morgan fingerprint density at radius 2 is 1.62 bits per heavy atom. The van der Waals surface area contributed by atoms with Crippen LogP contribution < -0.4 is 15.2 Å². The van der Waals surface area contributed by atoms with Crippen molar-refractivity contribution in [2.24, 2.45) is 0 Å². The molecule has 0 fully saturated rings. The molecule has 2 aromatic carbocycles. The molecule has 0 aliphatic rings. The van der Waals surface area contributed by atoms with Gasteiger partial charge < -0.3 is 19.8 Å². The second-order valence-corrected chi connectivity index (χ2v) is 8.72. The SMILES string of the molecule is COc1ccc(CCn2c(C)c(C)c(S(=O)(=O)c3ccccc3)c2N)cc1OC. The van der Waals surface area contributed by atoms with E-state index in [1.54, 1.807) is 51.5 Å². The first-order valence-corrected chi connectivity index (χ1v) is 10.8. The largest absolute Gasteiger partial charge is 0.493 e. The molecular weight excluding hydrogens is 388 g/mol. The van der Waals surface area contributed by atoms with Gasteiger partial charge in [0.1, 0.15) is 10.7 Å². The zero-order valence-electron chi connectivity index (χ0n) is 17.1. The average Bonchev–Trinajstić information content (AvgIpc) is 2.95. The van der Waals surface area contributed by atoms with Crippen LogP contribution in [-0.2, 0) is 22.8 Å². The summed E-state index contributed by atoms with van der Waals surface area (Å²) in [6.45, 7) is 4.25. The van der Waals surface area contributed by atoms with Crippen LogP contribution in [0.25, 0.3) is 0 Å². The van der Waals surface area contributed by atoms with Crippen LogP contribution in [0.4, 0.5) is 5.82 Å². The zero-order valence-corrected chi connectivity index (χ0v) is 17.9. The van der Waals surface area contributed by atoms with Crippen molar-refractivity contribution in [1.82, 2.24) is 4.57 Å². The van der Waals surface area contributed by atoms with Crippen molar-refractivity contribution in [3.05, 3.63) is 65.4 Å². The number of nitrogen functional groups attached to an aromatic ring is 1. The van der Waals surface area contributed by atoms with E-state index in [9.17, 15) is 8.42 Å². The van der Waals surface area contributed by atoms with Gasteiger partial charge in [-0.1, -0.05) is 24.3 Å². The highest BCUT2D eigenvalue weighted by Crippen LogP contribution is 2.34. The highest BCUT2D eigenvalue weighted by atomic mass is 32.2. The Kier molecular flexibility index (Phi) is 5.88. The number of benzene rings is 2. The van der Waals surface area contributed by atoms with Crippen LogP contribution in [0.15, 0.2) is 58.3 Å². The Labute approximate surface area is 171 Å². The van der Waals surface area contributed by atoms with E-state index in [0.717, 1.165) is 11.3 Å². The second kappa shape index (κ2) is 8.21. The molecular formula is C22H26N2O4S. The van der Waals surface area contributed by atoms with E-state index in [1.165, 1.54) is 0 Å². The van der Waals surface area contributed by atoms with E-state index in [4.69, 9.17) is 15.2 Å². The van der Waals surface area contributed by atoms with Gasteiger partial charge in [-0.2, -0.15) is 0 Å². The number of aryl methyl sites for hydroxylation is 1. The number of nitrogens with zero attached hydrogens (tertiary/aromatic N) is 1. The van der Waals surface area contributed by atoms with Crippen molar-refractivity contribution in [2.45, 2.75) is 36.6 Å². The molecule has 0 bridgehead atoms. The molecule has 0 unspecified atom stereocenters. The maximum atomic E-state index is 13.1. The van der Waals surface area contributed by atoms with Crippen LogP contribution in [-0.4, -0.2) is 27.2 Å². The number of methoxy groups -OCH3 is 2. The number of rotatable bonds is 7. The van der Waals surface area contributed by atoms with Gasteiger partial charge in [-0.3, -0.25) is 0 Å². The van der Waals surface area contributed by atoms with E-state index in [1.807, 2.05) is 29.7 Å². The van der Waals surface area contributed by atoms with E-state index >= 15 is 0 Å². The van der Waals surface area contributed by atoms with E-state index in [0.29, 0.717) is 30.0 Å². The summed E-state index contributed by atoms with van der Waals surface area (Å²) in [7, 11) is -0.494. The van der Waals surface area contributed by atoms with Crippen molar-refractivity contribution >= 4 is 15.7 Å². The Bertz CT molecular complexity index is 1120. The lowest BCUT2D eigenvalue weighted by Crippen LogP contribution is -2.10. The van der Waals surface area contributed by atoms with Gasteiger partial charge in [0.05, 0.1) is 19.1 Å². The molecule has 2 N–H and O–H groups in total. The molecule has 1 aromatic heterocycles. The van der Waals surface area contributed by atoms with Gasteiger partial charge in [-0.25, -0.2) is 8.42 Å². The fraction of sp³-hybridized carbons (Fsp3) is 0.273. The molecule has 7 heteroatoms. The number of nitrogens with two attached hydrogens (primary N) is 1. The standard InChI is InChI=1S/C22H26N2O4S/c1-15-16(2)24(13-12-17-10-11-19(27-3)20(14-17)28-4)22(23)21(15)29(25,26)18-8-6-5-7-9-18/h5-11,14H,12-13,23H2,1-4H3. The average molecular weight is 415 g/mol. The van der Waals surface area contributed by atoms with E-state index in [2.05, 4.69) is 0 Å². The number of ether oxygens (including phenoxy) is 2. The second-order valence-electron chi connectivity index (χ2n) is 6.83. The molecule has 0 amide bonds. The fourth-order valence-electron chi connectivity index (χ4n) is 3.48. The smallest absolute Gasteiger partial charge is 0.210 e. The van der Waals surface area contributed by atoms with Crippen molar-refractivity contribution in [2.75, 3.05) is 20.0 Å². The number of hydrogen-bond donors (Lipinski definition) is 1. The summed E-state index contributed by atoms with van der Waals surface area (Å²) >= 11 is 0. The minimum atomic E-state index is -3.69. The fourth-order valence-corrected chi connectivity index (χ4v) is 5.17. The van der Waals surface area contributed by atoms with Crippen molar-refractivity contribution < 1.29 is 17.9 Å². The van der Waals surface area contributed by atoms with Gasteiger partial charge in [0, 0.05) is 12.2 Å². The summed E-state index contributed by atoms with van der Waals surface area (Å²) in [5.41, 5.74) is 8.90. The normalized spacial score (nSPS) is 11.4. The van der Waals surface area contributed by atoms with Gasteiger partial charge in [0.15, 0.2) is 11.5 Å². The lowest BCUT2D eigenvalue weighted by molar-refractivity contribution is 0.354. The molecule has 0 atom stereocenters. The quantitative estimate of drug-likeness (QED) is 0.636. The summed E-state index contributed by atoms with van der Waals surface area (Å²) < 4.78 is 38.8. The predicted molar refractivity (Wildman–Crippen MR) is 113 cm³/mol. The highest BCUT2D eigenvalue weighted by Gasteiger charge is 2.28. The molecule has 1 heterocycles. The third kappa shape index (κ3) is 3.82. The van der Waals surface area contributed by atoms with Crippen LogP contribution in [0.3, 0.4) is 0 Å². The topological polar surface area (TPSA) is 83.5 Å². The van der Waals surface area contributed by atoms with E-state index in [-0.39, 0.29) is 15.6 Å². The lowest BCUT2D eigenvalue weighted by atomic mass is 10.1. The molecule has 0 spiro atoms. The van der Waals surface area contributed by atoms with Gasteiger partial charge >= 0.3 is 0 Å². The zero-order chi connectivity index (χ0) is 21.2. The minimum Gasteiger partial charge on any atom is -0.493 e. The first-order valence-electron chi connectivity index (χ1n) is 9.27. The monoisotopic (exact) mass is 414 g/mol. The van der Waals surface area contributed by atoms with Gasteiger partial charge in [0.25, 0.3) is 0 Å². The van der Waals surface area contributed by atoms with Crippen LogP contribution in [0.5, 0.6) is 11.5 Å². The number of anilines is 1. The maximum Gasteiger partial charge on any atom is 0.210 e. The Morgan fingerprint density at radius 3 is 2.24 bits per heavy atom. The third-order valence-corrected chi connectivity index (χ3v) is 7.15. The highest BCUT2D eigenvalue weighted by molar-refractivity contribution is 7.91. The molecule has 29 heavy (non-hydrogen) atoms. The first-order chi connectivity index (χ1) is 13.8. The predicted octanol–water partition coefficient (Wildman–Crippen LogP) is 3.78. The first kappa shape index (κ1) is 20.8. The summed E-state index contributed by atoms with van der Waals surface area (Å²) in [6.07, 6.45) is 0.671. The van der Waals surface area contributed by atoms with Crippen molar-refractivity contribution in [3.63, 3.8) is 0 Å². The number of hydrogen-bond acceptors (Lipinski definition) is 5. The molecule has 3 rings (SSSR count). The van der Waals surface area contributed by atoms with E-state index < -0.39 is 9.84 Å². The number of aromatic nitrogens is 1. The third-order valence-electron chi connectivity index (χ3n) is 5.21. The molecule has 3 aromatic rings. The Morgan fingerprint density at radius 1 is 0.966 bits per heavy atom. The Balaban J connectivity index is 1.94. The summed E-state index contributed by atoms with van der Waals surface area (Å²) in [5.74, 6) is 1.59. The Hall–Kier alpha value is -2.93. The summed E-state index contributed by atoms with van der Waals surface area (Å²) in [6, 6.07) is 14.1. The van der Waals surface area contributed by atoms with Crippen molar-refractivity contribution in [1.29, 1.82) is 0 Å². The molecule has 6 nitrogen and oxygen atoms in total. The van der Waals surface area contributed by atoms with Crippen LogP contribution >= 0.6 is 0 Å². The van der Waals surface area contributed by atoms with Crippen LogP contribution in [0.2, 0.25) is 0 Å². The molecule has 0 saturated heterocycles. The molecule has 0 radical (unpaired) electrons.